The number of carbonyl (C=O) groups is 1. The largest absolute Gasteiger partial charge is 0.456 e. The molecule has 0 unspecified atom stereocenters. The zero-order valence-corrected chi connectivity index (χ0v) is 18.4. The van der Waals surface area contributed by atoms with Gasteiger partial charge in [0, 0.05) is 11.0 Å². The monoisotopic (exact) mass is 473 g/mol. The summed E-state index contributed by atoms with van der Waals surface area (Å²) < 4.78 is 35.3. The van der Waals surface area contributed by atoms with Gasteiger partial charge in [0.2, 0.25) is 10.0 Å². The average Bonchev–Trinajstić information content (AvgIpc) is 3.10. The van der Waals surface area contributed by atoms with Crippen molar-refractivity contribution in [1.82, 2.24) is 24.9 Å². The van der Waals surface area contributed by atoms with Crippen LogP contribution in [0.5, 0.6) is 0 Å². The maximum absolute atomic E-state index is 12.6. The van der Waals surface area contributed by atoms with E-state index in [2.05, 4.69) is 43.1 Å². The fourth-order valence-electron chi connectivity index (χ4n) is 2.34. The van der Waals surface area contributed by atoms with Crippen molar-refractivity contribution >= 4 is 31.9 Å². The first-order chi connectivity index (χ1) is 13.2. The number of carbonyl (C=O) groups excluding carboxylic acids is 1. The lowest BCUT2D eigenvalue weighted by Gasteiger charge is -2.20. The third-order valence-corrected chi connectivity index (χ3v) is 5.99. The molecule has 11 heteroatoms. The van der Waals surface area contributed by atoms with Crippen molar-refractivity contribution in [2.45, 2.75) is 57.7 Å². The summed E-state index contributed by atoms with van der Waals surface area (Å²) in [6.07, 6.45) is 1.87. The van der Waals surface area contributed by atoms with Crippen LogP contribution >= 0.6 is 15.9 Å². The number of nitrogens with one attached hydrogen (secondary N) is 1. The van der Waals surface area contributed by atoms with Crippen molar-refractivity contribution in [1.29, 1.82) is 0 Å². The van der Waals surface area contributed by atoms with Gasteiger partial charge in [0.1, 0.15) is 6.04 Å². The molecule has 9 nitrogen and oxygen atoms in total. The molecule has 154 valence electrons. The van der Waals surface area contributed by atoms with Gasteiger partial charge in [-0.05, 0) is 47.0 Å². The molecule has 1 atom stereocenters. The number of aromatic nitrogens is 4. The van der Waals surface area contributed by atoms with Gasteiger partial charge in [0.25, 0.3) is 0 Å². The summed E-state index contributed by atoms with van der Waals surface area (Å²) in [6, 6.07) is 5.11. The Bertz CT molecular complexity index is 883. The fourth-order valence-corrected chi connectivity index (χ4v) is 3.94. The third-order valence-electron chi connectivity index (χ3n) is 4.00. The van der Waals surface area contributed by atoms with Crippen LogP contribution < -0.4 is 4.72 Å². The van der Waals surface area contributed by atoms with E-state index in [0.717, 1.165) is 17.3 Å². The van der Waals surface area contributed by atoms with Gasteiger partial charge in [-0.2, -0.15) is 4.72 Å². The molecule has 0 radical (unpaired) electrons. The van der Waals surface area contributed by atoms with E-state index < -0.39 is 22.0 Å². The van der Waals surface area contributed by atoms with Crippen LogP contribution in [0, 0.1) is 5.92 Å². The summed E-state index contributed by atoms with van der Waals surface area (Å²) in [7, 11) is -3.88. The summed E-state index contributed by atoms with van der Waals surface area (Å²) in [5, 5.41) is 11.3. The summed E-state index contributed by atoms with van der Waals surface area (Å²) in [4.78, 5) is 12.6. The number of hydrogen-bond donors (Lipinski definition) is 1. The Balaban J connectivity index is 2.06. The number of tetrazole rings is 1. The lowest BCUT2D eigenvalue weighted by molar-refractivity contribution is -0.148. The number of benzene rings is 1. The van der Waals surface area contributed by atoms with Gasteiger partial charge >= 0.3 is 5.97 Å². The summed E-state index contributed by atoms with van der Waals surface area (Å²) >= 11 is 3.26. The number of esters is 1. The highest BCUT2D eigenvalue weighted by molar-refractivity contribution is 9.10. The van der Waals surface area contributed by atoms with Crippen molar-refractivity contribution in [3.05, 3.63) is 34.6 Å². The van der Waals surface area contributed by atoms with Crippen LogP contribution in [0.1, 0.15) is 39.4 Å². The minimum absolute atomic E-state index is 0.0673. The second kappa shape index (κ2) is 10.1. The third kappa shape index (κ3) is 6.08. The first-order valence-corrected chi connectivity index (χ1v) is 11.2. The number of nitrogens with zero attached hydrogens (tertiary/aromatic N) is 4. The minimum atomic E-state index is -3.88. The molecule has 1 heterocycles. The molecule has 0 spiro atoms. The summed E-state index contributed by atoms with van der Waals surface area (Å²) in [6.45, 7) is 6.02. The van der Waals surface area contributed by atoms with Gasteiger partial charge < -0.3 is 4.74 Å². The Kier molecular flexibility index (Phi) is 8.08. The predicted molar refractivity (Wildman–Crippen MR) is 106 cm³/mol. The molecule has 2 aromatic rings. The topological polar surface area (TPSA) is 116 Å². The molecule has 0 aliphatic carbocycles. The average molecular weight is 474 g/mol. The number of rotatable bonds is 10. The molecule has 28 heavy (non-hydrogen) atoms. The maximum Gasteiger partial charge on any atom is 0.324 e. The summed E-state index contributed by atoms with van der Waals surface area (Å²) in [5.41, 5.74) is 0. The molecule has 1 aromatic carbocycles. The SMILES string of the molecule is CCCCn1nnnc1COC(=O)[C@@H](NS(=O)(=O)c1ccc(Br)cc1)C(C)C. The molecular formula is C17H24BrN5O4S. The lowest BCUT2D eigenvalue weighted by Crippen LogP contribution is -2.45. The van der Waals surface area contributed by atoms with Gasteiger partial charge in [-0.25, -0.2) is 13.1 Å². The molecule has 0 saturated carbocycles. The number of hydrogen-bond acceptors (Lipinski definition) is 7. The minimum Gasteiger partial charge on any atom is -0.456 e. The summed E-state index contributed by atoms with van der Waals surface area (Å²) in [5.74, 6) is -0.574. The molecule has 0 saturated heterocycles. The Hall–Kier alpha value is -1.85. The van der Waals surface area contributed by atoms with E-state index in [1.165, 1.54) is 12.1 Å². The number of sulfonamides is 1. The first kappa shape index (κ1) is 22.4. The standard InChI is InChI=1S/C17H24BrN5O4S/c1-4-5-10-23-15(19-21-22-23)11-27-17(24)16(12(2)3)20-28(25,26)14-8-6-13(18)7-9-14/h6-9,12,16,20H,4-5,10-11H2,1-3H3/t16-/m0/s1. The van der Waals surface area contributed by atoms with Crippen LogP contribution in [0.2, 0.25) is 0 Å². The molecule has 0 aliphatic rings. The van der Waals surface area contributed by atoms with E-state index in [1.807, 2.05) is 0 Å². The number of ether oxygens (including phenoxy) is 1. The first-order valence-electron chi connectivity index (χ1n) is 8.94. The molecule has 1 aromatic heterocycles. The van der Waals surface area contributed by atoms with Crippen LogP contribution in [0.15, 0.2) is 33.6 Å². The Morgan fingerprint density at radius 1 is 1.29 bits per heavy atom. The molecule has 1 N–H and O–H groups in total. The van der Waals surface area contributed by atoms with Gasteiger partial charge in [-0.1, -0.05) is 43.1 Å². The fraction of sp³-hybridized carbons (Fsp3) is 0.529. The van der Waals surface area contributed by atoms with Crippen molar-refractivity contribution < 1.29 is 17.9 Å². The molecule has 0 aliphatic heterocycles. The van der Waals surface area contributed by atoms with Crippen LogP contribution in [0.25, 0.3) is 0 Å². The van der Waals surface area contributed by atoms with E-state index in [0.29, 0.717) is 12.4 Å². The van der Waals surface area contributed by atoms with E-state index in [9.17, 15) is 13.2 Å². The molecule has 0 amide bonds. The van der Waals surface area contributed by atoms with Gasteiger partial charge in [0.15, 0.2) is 12.4 Å². The normalized spacial score (nSPS) is 12.9. The van der Waals surface area contributed by atoms with E-state index in [1.54, 1.807) is 30.7 Å². The van der Waals surface area contributed by atoms with Crippen LogP contribution in [-0.4, -0.2) is 40.6 Å². The van der Waals surface area contributed by atoms with Gasteiger partial charge in [-0.15, -0.1) is 5.10 Å². The van der Waals surface area contributed by atoms with Crippen molar-refractivity contribution in [2.24, 2.45) is 5.92 Å². The Morgan fingerprint density at radius 3 is 2.57 bits per heavy atom. The second-order valence-electron chi connectivity index (χ2n) is 6.58. The zero-order chi connectivity index (χ0) is 20.7. The number of aryl methyl sites for hydroxylation is 1. The van der Waals surface area contributed by atoms with E-state index in [-0.39, 0.29) is 17.4 Å². The second-order valence-corrected chi connectivity index (χ2v) is 9.21. The Labute approximate surface area is 173 Å². The van der Waals surface area contributed by atoms with Crippen molar-refractivity contribution in [3.63, 3.8) is 0 Å². The van der Waals surface area contributed by atoms with Crippen LogP contribution in [-0.2, 0) is 32.7 Å². The maximum atomic E-state index is 12.6. The van der Waals surface area contributed by atoms with E-state index in [4.69, 9.17) is 4.74 Å². The highest BCUT2D eigenvalue weighted by Gasteiger charge is 2.30. The number of halogens is 1. The number of unbranched alkanes of at least 4 members (excludes halogenated alkanes) is 1. The van der Waals surface area contributed by atoms with E-state index >= 15 is 0 Å². The highest BCUT2D eigenvalue weighted by Crippen LogP contribution is 2.16. The van der Waals surface area contributed by atoms with Crippen molar-refractivity contribution in [3.8, 4) is 0 Å². The van der Waals surface area contributed by atoms with Crippen LogP contribution in [0.3, 0.4) is 0 Å². The van der Waals surface area contributed by atoms with Crippen LogP contribution in [0.4, 0.5) is 0 Å². The lowest BCUT2D eigenvalue weighted by atomic mass is 10.1. The van der Waals surface area contributed by atoms with Gasteiger partial charge in [0.05, 0.1) is 4.90 Å². The smallest absolute Gasteiger partial charge is 0.324 e. The Morgan fingerprint density at radius 2 is 1.96 bits per heavy atom. The quantitative estimate of drug-likeness (QED) is 0.525. The highest BCUT2D eigenvalue weighted by atomic mass is 79.9. The molecular weight excluding hydrogens is 450 g/mol. The molecule has 2 rings (SSSR count). The van der Waals surface area contributed by atoms with Gasteiger partial charge in [-0.3, -0.25) is 4.79 Å². The van der Waals surface area contributed by atoms with Crippen molar-refractivity contribution in [2.75, 3.05) is 0 Å². The molecule has 0 fully saturated rings. The predicted octanol–water partition coefficient (Wildman–Crippen LogP) is 2.28. The molecule has 0 bridgehead atoms. The zero-order valence-electron chi connectivity index (χ0n) is 16.0.